The van der Waals surface area contributed by atoms with Crippen molar-refractivity contribution >= 4 is 44.9 Å². The van der Waals surface area contributed by atoms with Gasteiger partial charge in [0, 0.05) is 18.5 Å². The van der Waals surface area contributed by atoms with Crippen LogP contribution in [-0.2, 0) is 17.4 Å². The van der Waals surface area contributed by atoms with Crippen LogP contribution in [0.25, 0.3) is 0 Å². The molecular formula is C11H9F3N6O2S2. The summed E-state index contributed by atoms with van der Waals surface area (Å²) in [5.41, 5.74) is 0.410. The number of hydrogen-bond acceptors (Lipinski definition) is 7. The molecular weight excluding hydrogens is 369 g/mol. The molecule has 2 N–H and O–H groups in total. The molecule has 13 heteroatoms. The van der Waals surface area contributed by atoms with Gasteiger partial charge >= 0.3 is 12.2 Å². The molecule has 0 aromatic carbocycles. The van der Waals surface area contributed by atoms with Crippen LogP contribution in [0.1, 0.15) is 10.7 Å². The normalized spacial score (nSPS) is 14.8. The van der Waals surface area contributed by atoms with Crippen molar-refractivity contribution < 1.29 is 22.8 Å². The second-order valence-corrected chi connectivity index (χ2v) is 6.45. The van der Waals surface area contributed by atoms with E-state index < -0.39 is 17.1 Å². The van der Waals surface area contributed by atoms with Crippen LogP contribution in [0, 0.1) is 0 Å². The standard InChI is InChI=1S/C11H9F3N6O2S2/c12-11(13,14)7-18-19-8(24-7)17-6(21)3-5-4-23-10(16-5)20-2-1-15-9(20)22/h4H,1-3H2,(H,15,22)(H,17,19,21). The summed E-state index contributed by atoms with van der Waals surface area (Å²) in [6.45, 7) is 1.01. The van der Waals surface area contributed by atoms with Gasteiger partial charge in [0.15, 0.2) is 5.13 Å². The Kier molecular flexibility index (Phi) is 4.36. The van der Waals surface area contributed by atoms with Gasteiger partial charge in [-0.15, -0.1) is 21.5 Å². The highest BCUT2D eigenvalue weighted by molar-refractivity contribution is 7.15. The summed E-state index contributed by atoms with van der Waals surface area (Å²) in [6, 6.07) is -0.256. The molecule has 0 spiro atoms. The van der Waals surface area contributed by atoms with Crippen molar-refractivity contribution in [2.45, 2.75) is 12.6 Å². The average Bonchev–Trinajstić information content (AvgIpc) is 3.18. The number of amides is 3. The topological polar surface area (TPSA) is 100 Å². The molecule has 1 aliphatic heterocycles. The van der Waals surface area contributed by atoms with E-state index in [9.17, 15) is 22.8 Å². The fraction of sp³-hybridized carbons (Fsp3) is 0.364. The summed E-state index contributed by atoms with van der Waals surface area (Å²) in [5.74, 6) is -0.567. The molecule has 128 valence electrons. The number of rotatable bonds is 4. The quantitative estimate of drug-likeness (QED) is 0.844. The van der Waals surface area contributed by atoms with Crippen LogP contribution in [0.3, 0.4) is 0 Å². The molecule has 0 radical (unpaired) electrons. The lowest BCUT2D eigenvalue weighted by Gasteiger charge is -2.08. The molecule has 0 saturated carbocycles. The third-order valence-corrected chi connectivity index (χ3v) is 4.68. The minimum atomic E-state index is -4.60. The Morgan fingerprint density at radius 3 is 2.83 bits per heavy atom. The number of thiazole rings is 1. The number of alkyl halides is 3. The molecule has 3 heterocycles. The summed E-state index contributed by atoms with van der Waals surface area (Å²) in [6.07, 6.45) is -4.74. The summed E-state index contributed by atoms with van der Waals surface area (Å²) in [4.78, 5) is 29.0. The maximum atomic E-state index is 12.4. The number of nitrogens with one attached hydrogen (secondary N) is 2. The van der Waals surface area contributed by atoms with Gasteiger partial charge in [-0.05, 0) is 0 Å². The number of hydrogen-bond donors (Lipinski definition) is 2. The largest absolute Gasteiger partial charge is 0.445 e. The average molecular weight is 378 g/mol. The second kappa shape index (κ2) is 6.32. The number of carbonyl (C=O) groups excluding carboxylic acids is 2. The minimum Gasteiger partial charge on any atom is -0.336 e. The molecule has 8 nitrogen and oxygen atoms in total. The number of urea groups is 1. The van der Waals surface area contributed by atoms with Crippen LogP contribution < -0.4 is 15.5 Å². The maximum Gasteiger partial charge on any atom is 0.445 e. The third-order valence-electron chi connectivity index (χ3n) is 2.88. The van der Waals surface area contributed by atoms with Crippen LogP contribution in [0.2, 0.25) is 0 Å². The van der Waals surface area contributed by atoms with Crippen LogP contribution in [0.5, 0.6) is 0 Å². The van der Waals surface area contributed by atoms with Crippen molar-refractivity contribution in [3.63, 3.8) is 0 Å². The van der Waals surface area contributed by atoms with Crippen LogP contribution in [0.15, 0.2) is 5.38 Å². The zero-order valence-electron chi connectivity index (χ0n) is 11.8. The van der Waals surface area contributed by atoms with Crippen LogP contribution in [0.4, 0.5) is 28.2 Å². The minimum absolute atomic E-state index is 0.146. The molecule has 0 unspecified atom stereocenters. The number of nitrogens with zero attached hydrogens (tertiary/aromatic N) is 4. The number of aromatic nitrogens is 3. The van der Waals surface area contributed by atoms with Gasteiger partial charge in [0.1, 0.15) is 0 Å². The molecule has 1 fully saturated rings. The SMILES string of the molecule is O=C(Cc1csc(N2CCNC2=O)n1)Nc1nnc(C(F)(F)F)s1. The van der Waals surface area contributed by atoms with Gasteiger partial charge in [-0.3, -0.25) is 9.69 Å². The van der Waals surface area contributed by atoms with Crippen molar-refractivity contribution in [2.24, 2.45) is 0 Å². The van der Waals surface area contributed by atoms with Gasteiger partial charge in [0.25, 0.3) is 0 Å². The Bertz CT molecular complexity index is 774. The Morgan fingerprint density at radius 2 is 2.21 bits per heavy atom. The van der Waals surface area contributed by atoms with Gasteiger partial charge in [-0.2, -0.15) is 13.2 Å². The zero-order valence-corrected chi connectivity index (χ0v) is 13.4. The fourth-order valence-electron chi connectivity index (χ4n) is 1.87. The number of anilines is 2. The highest BCUT2D eigenvalue weighted by Gasteiger charge is 2.35. The lowest BCUT2D eigenvalue weighted by Crippen LogP contribution is -2.27. The summed E-state index contributed by atoms with van der Waals surface area (Å²) >= 11 is 1.45. The van der Waals surface area contributed by atoms with Gasteiger partial charge in [0.05, 0.1) is 12.1 Å². The first-order valence-electron chi connectivity index (χ1n) is 6.53. The lowest BCUT2D eigenvalue weighted by atomic mass is 10.3. The van der Waals surface area contributed by atoms with E-state index in [1.165, 1.54) is 16.2 Å². The lowest BCUT2D eigenvalue weighted by molar-refractivity contribution is -0.138. The first kappa shape index (κ1) is 16.6. The molecule has 2 aromatic rings. The fourth-order valence-corrected chi connectivity index (χ4v) is 3.35. The van der Waals surface area contributed by atoms with Gasteiger partial charge in [-0.25, -0.2) is 9.78 Å². The van der Waals surface area contributed by atoms with E-state index >= 15 is 0 Å². The van der Waals surface area contributed by atoms with Crippen molar-refractivity contribution in [2.75, 3.05) is 23.3 Å². The van der Waals surface area contributed by atoms with E-state index in [0.29, 0.717) is 23.9 Å². The second-order valence-electron chi connectivity index (χ2n) is 4.64. The maximum absolute atomic E-state index is 12.4. The summed E-state index contributed by atoms with van der Waals surface area (Å²) < 4.78 is 37.3. The third kappa shape index (κ3) is 3.62. The number of carbonyl (C=O) groups is 2. The van der Waals surface area contributed by atoms with E-state index in [0.717, 1.165) is 0 Å². The first-order chi connectivity index (χ1) is 11.3. The highest BCUT2D eigenvalue weighted by Crippen LogP contribution is 2.33. The molecule has 1 aliphatic rings. The van der Waals surface area contributed by atoms with Crippen LogP contribution in [-0.4, -0.2) is 40.2 Å². The molecule has 0 bridgehead atoms. The summed E-state index contributed by atoms with van der Waals surface area (Å²) in [7, 11) is 0. The zero-order chi connectivity index (χ0) is 17.3. The predicted molar refractivity (Wildman–Crippen MR) is 80.1 cm³/mol. The Balaban J connectivity index is 1.60. The Hall–Kier alpha value is -2.28. The van der Waals surface area contributed by atoms with Crippen LogP contribution >= 0.6 is 22.7 Å². The monoisotopic (exact) mass is 378 g/mol. The van der Waals surface area contributed by atoms with E-state index in [-0.39, 0.29) is 28.9 Å². The van der Waals surface area contributed by atoms with Gasteiger partial charge in [0.2, 0.25) is 16.0 Å². The smallest absolute Gasteiger partial charge is 0.336 e. The highest BCUT2D eigenvalue weighted by atomic mass is 32.1. The van der Waals surface area contributed by atoms with Gasteiger partial charge in [-0.1, -0.05) is 11.3 Å². The van der Waals surface area contributed by atoms with Crippen molar-refractivity contribution in [3.8, 4) is 0 Å². The number of halogens is 3. The van der Waals surface area contributed by atoms with E-state index in [1.807, 2.05) is 0 Å². The molecule has 2 aromatic heterocycles. The van der Waals surface area contributed by atoms with Crippen molar-refractivity contribution in [1.82, 2.24) is 20.5 Å². The Morgan fingerprint density at radius 1 is 1.42 bits per heavy atom. The van der Waals surface area contributed by atoms with E-state index in [4.69, 9.17) is 0 Å². The van der Waals surface area contributed by atoms with Gasteiger partial charge < -0.3 is 10.6 Å². The molecule has 3 amide bonds. The molecule has 24 heavy (non-hydrogen) atoms. The van der Waals surface area contributed by atoms with E-state index in [1.54, 1.807) is 5.38 Å². The molecule has 1 saturated heterocycles. The molecule has 0 atom stereocenters. The van der Waals surface area contributed by atoms with Crippen molar-refractivity contribution in [1.29, 1.82) is 0 Å². The predicted octanol–water partition coefficient (Wildman–Crippen LogP) is 1.72. The van der Waals surface area contributed by atoms with E-state index in [2.05, 4.69) is 25.8 Å². The first-order valence-corrected chi connectivity index (χ1v) is 8.23. The molecule has 0 aliphatic carbocycles. The Labute approximate surface area is 140 Å². The van der Waals surface area contributed by atoms with Crippen molar-refractivity contribution in [3.05, 3.63) is 16.1 Å². The summed E-state index contributed by atoms with van der Waals surface area (Å²) in [5, 5.41) is 11.8. The molecule has 3 rings (SSSR count).